The summed E-state index contributed by atoms with van der Waals surface area (Å²) in [6.45, 7) is 6.78. The average Bonchev–Trinajstić information content (AvgIpc) is 2.28. The van der Waals surface area contributed by atoms with Crippen molar-refractivity contribution in [3.63, 3.8) is 0 Å². The molecule has 1 rings (SSSR count). The highest BCUT2D eigenvalue weighted by atomic mass is 35.5. The van der Waals surface area contributed by atoms with Crippen LogP contribution in [0, 0.1) is 5.92 Å². The van der Waals surface area contributed by atoms with Gasteiger partial charge in [0.15, 0.2) is 5.78 Å². The first-order chi connectivity index (χ1) is 8.04. The quantitative estimate of drug-likeness (QED) is 0.705. The van der Waals surface area contributed by atoms with E-state index in [9.17, 15) is 4.79 Å². The molecular formula is C14H19ClO2. The van der Waals surface area contributed by atoms with Crippen LogP contribution in [0.4, 0.5) is 0 Å². The molecule has 2 nitrogen and oxygen atoms in total. The zero-order chi connectivity index (χ0) is 12.8. The van der Waals surface area contributed by atoms with Crippen LogP contribution < -0.4 is 4.74 Å². The Morgan fingerprint density at radius 1 is 1.41 bits per heavy atom. The number of hydrogen-bond donors (Lipinski definition) is 0. The van der Waals surface area contributed by atoms with E-state index in [4.69, 9.17) is 16.3 Å². The molecule has 0 radical (unpaired) electrons. The molecule has 1 aromatic rings. The molecule has 0 aliphatic heterocycles. The molecule has 0 amide bonds. The van der Waals surface area contributed by atoms with Crippen LogP contribution in [-0.4, -0.2) is 12.4 Å². The molecule has 0 fully saturated rings. The third kappa shape index (κ3) is 4.39. The summed E-state index contributed by atoms with van der Waals surface area (Å²) in [4.78, 5) is 11.8. The van der Waals surface area contributed by atoms with Gasteiger partial charge in [0.05, 0.1) is 11.6 Å². The van der Waals surface area contributed by atoms with E-state index in [1.165, 1.54) is 0 Å². The number of carbonyl (C=O) groups is 1. The van der Waals surface area contributed by atoms with E-state index in [1.807, 2.05) is 6.92 Å². The van der Waals surface area contributed by atoms with E-state index >= 15 is 0 Å². The van der Waals surface area contributed by atoms with Crippen molar-refractivity contribution in [1.29, 1.82) is 0 Å². The Hall–Kier alpha value is -1.02. The summed E-state index contributed by atoms with van der Waals surface area (Å²) in [5.74, 6) is 1.25. The number of ketones is 1. The molecule has 1 aromatic carbocycles. The van der Waals surface area contributed by atoms with Crippen molar-refractivity contribution >= 4 is 17.4 Å². The minimum Gasteiger partial charge on any atom is -0.493 e. The van der Waals surface area contributed by atoms with Gasteiger partial charge in [-0.25, -0.2) is 0 Å². The molecule has 0 bridgehead atoms. The number of halogens is 1. The van der Waals surface area contributed by atoms with Crippen molar-refractivity contribution < 1.29 is 9.53 Å². The number of carbonyl (C=O) groups excluding carboxylic acids is 1. The lowest BCUT2D eigenvalue weighted by Gasteiger charge is -2.10. The molecule has 3 heteroatoms. The van der Waals surface area contributed by atoms with Crippen LogP contribution in [0.15, 0.2) is 18.2 Å². The predicted octanol–water partition coefficient (Wildman–Crippen LogP) is 4.36. The first kappa shape index (κ1) is 14.0. The van der Waals surface area contributed by atoms with Gasteiger partial charge < -0.3 is 4.74 Å². The van der Waals surface area contributed by atoms with E-state index in [0.29, 0.717) is 35.3 Å². The van der Waals surface area contributed by atoms with Crippen LogP contribution in [0.5, 0.6) is 5.75 Å². The number of rotatable bonds is 6. The molecule has 0 unspecified atom stereocenters. The molecule has 0 saturated carbocycles. The van der Waals surface area contributed by atoms with E-state index in [-0.39, 0.29) is 5.78 Å². The fourth-order valence-electron chi connectivity index (χ4n) is 1.43. The van der Waals surface area contributed by atoms with E-state index < -0.39 is 0 Å². The van der Waals surface area contributed by atoms with Crippen molar-refractivity contribution in [3.8, 4) is 5.75 Å². The Morgan fingerprint density at radius 2 is 2.12 bits per heavy atom. The second kappa shape index (κ2) is 6.65. The maximum absolute atomic E-state index is 11.8. The summed E-state index contributed by atoms with van der Waals surface area (Å²) in [5, 5.41) is 0.500. The van der Waals surface area contributed by atoms with Crippen LogP contribution in [-0.2, 0) is 0 Å². The minimum atomic E-state index is 0.0764. The molecule has 0 aliphatic rings. The van der Waals surface area contributed by atoms with E-state index in [0.717, 1.165) is 6.42 Å². The van der Waals surface area contributed by atoms with Gasteiger partial charge in [-0.3, -0.25) is 4.79 Å². The highest BCUT2D eigenvalue weighted by Gasteiger charge is 2.11. The maximum Gasteiger partial charge on any atom is 0.164 e. The normalized spacial score (nSPS) is 10.6. The van der Waals surface area contributed by atoms with Gasteiger partial charge in [-0.05, 0) is 30.5 Å². The Kier molecular flexibility index (Phi) is 5.49. The monoisotopic (exact) mass is 254 g/mol. The highest BCUT2D eigenvalue weighted by Crippen LogP contribution is 2.24. The average molecular weight is 255 g/mol. The van der Waals surface area contributed by atoms with Crippen molar-refractivity contribution in [2.24, 2.45) is 5.92 Å². The number of benzene rings is 1. The summed E-state index contributed by atoms with van der Waals surface area (Å²) >= 11 is 6.01. The fourth-order valence-corrected chi connectivity index (χ4v) is 1.66. The standard InChI is InChI=1S/C14H19ClO2/c1-4-5-14(16)12-8-11(6-7-13(12)15)17-9-10(2)3/h6-8,10H,4-5,9H2,1-3H3. The largest absolute Gasteiger partial charge is 0.493 e. The van der Waals surface area contributed by atoms with E-state index in [2.05, 4.69) is 13.8 Å². The molecule has 0 aromatic heterocycles. The summed E-state index contributed by atoms with van der Waals surface area (Å²) in [7, 11) is 0. The number of hydrogen-bond acceptors (Lipinski definition) is 2. The zero-order valence-electron chi connectivity index (χ0n) is 10.6. The Morgan fingerprint density at radius 3 is 2.71 bits per heavy atom. The van der Waals surface area contributed by atoms with Crippen LogP contribution in [0.3, 0.4) is 0 Å². The van der Waals surface area contributed by atoms with Crippen LogP contribution in [0.1, 0.15) is 44.0 Å². The first-order valence-electron chi connectivity index (χ1n) is 6.00. The molecule has 0 saturated heterocycles. The summed E-state index contributed by atoms with van der Waals surface area (Å²) in [6.07, 6.45) is 1.35. The lowest BCUT2D eigenvalue weighted by atomic mass is 10.1. The van der Waals surface area contributed by atoms with Crippen molar-refractivity contribution in [3.05, 3.63) is 28.8 Å². The van der Waals surface area contributed by atoms with Crippen molar-refractivity contribution in [1.82, 2.24) is 0 Å². The molecule has 94 valence electrons. The molecule has 0 N–H and O–H groups in total. The Balaban J connectivity index is 2.82. The van der Waals surface area contributed by atoms with Crippen LogP contribution in [0.25, 0.3) is 0 Å². The molecule has 0 heterocycles. The minimum absolute atomic E-state index is 0.0764. The maximum atomic E-state index is 11.8. The molecule has 0 atom stereocenters. The third-order valence-corrected chi connectivity index (χ3v) is 2.63. The smallest absolute Gasteiger partial charge is 0.164 e. The van der Waals surface area contributed by atoms with Crippen molar-refractivity contribution in [2.45, 2.75) is 33.6 Å². The summed E-state index contributed by atoms with van der Waals surface area (Å²) in [6, 6.07) is 5.26. The topological polar surface area (TPSA) is 26.3 Å². The van der Waals surface area contributed by atoms with Gasteiger partial charge in [0.25, 0.3) is 0 Å². The number of Topliss-reactive ketones (excluding diaryl/α,β-unsaturated/α-hetero) is 1. The summed E-state index contributed by atoms with van der Waals surface area (Å²) in [5.41, 5.74) is 0.565. The second-order valence-electron chi connectivity index (χ2n) is 4.52. The molecule has 0 spiro atoms. The SMILES string of the molecule is CCCC(=O)c1cc(OCC(C)C)ccc1Cl. The Labute approximate surface area is 108 Å². The molecule has 17 heavy (non-hydrogen) atoms. The van der Waals surface area contributed by atoms with E-state index in [1.54, 1.807) is 18.2 Å². The predicted molar refractivity (Wildman–Crippen MR) is 71.0 cm³/mol. The highest BCUT2D eigenvalue weighted by molar-refractivity contribution is 6.34. The van der Waals surface area contributed by atoms with Crippen LogP contribution in [0.2, 0.25) is 5.02 Å². The van der Waals surface area contributed by atoms with Gasteiger partial charge >= 0.3 is 0 Å². The second-order valence-corrected chi connectivity index (χ2v) is 4.93. The first-order valence-corrected chi connectivity index (χ1v) is 6.38. The summed E-state index contributed by atoms with van der Waals surface area (Å²) < 4.78 is 5.58. The van der Waals surface area contributed by atoms with Gasteiger partial charge in [0, 0.05) is 12.0 Å². The van der Waals surface area contributed by atoms with Gasteiger partial charge in [-0.1, -0.05) is 32.4 Å². The number of ether oxygens (including phenoxy) is 1. The Bertz CT molecular complexity index is 386. The zero-order valence-corrected chi connectivity index (χ0v) is 11.4. The van der Waals surface area contributed by atoms with Gasteiger partial charge in [-0.2, -0.15) is 0 Å². The van der Waals surface area contributed by atoms with Gasteiger partial charge in [-0.15, -0.1) is 0 Å². The molecule has 0 aliphatic carbocycles. The van der Waals surface area contributed by atoms with Crippen molar-refractivity contribution in [2.75, 3.05) is 6.61 Å². The van der Waals surface area contributed by atoms with Gasteiger partial charge in [0.1, 0.15) is 5.75 Å². The molecular weight excluding hydrogens is 236 g/mol. The fraction of sp³-hybridized carbons (Fsp3) is 0.500. The lowest BCUT2D eigenvalue weighted by molar-refractivity contribution is 0.0981. The third-order valence-electron chi connectivity index (χ3n) is 2.30. The van der Waals surface area contributed by atoms with Crippen LogP contribution >= 0.6 is 11.6 Å². The lowest BCUT2D eigenvalue weighted by Crippen LogP contribution is -2.06. The van der Waals surface area contributed by atoms with Gasteiger partial charge in [0.2, 0.25) is 0 Å².